The van der Waals surface area contributed by atoms with Crippen LogP contribution in [0.5, 0.6) is 0 Å². The highest BCUT2D eigenvalue weighted by Gasteiger charge is 2.02. The SMILES string of the molecule is C=C(C)C(=O)O.C=C(C)C(=O)OC.C=CC(=O)OCCCC.CCCCCCCCCCCCOS(=O)(=O)O.CCCCCCCCCCCCS.N. The first-order chi connectivity index (χ1) is 24.6. The zero-order chi connectivity index (χ0) is 40.9. The lowest BCUT2D eigenvalue weighted by molar-refractivity contribution is -0.138. The Bertz CT molecular complexity index is 935. The molecule has 0 unspecified atom stereocenters. The first-order valence-corrected chi connectivity index (χ1v) is 21.3. The van der Waals surface area contributed by atoms with Crippen molar-refractivity contribution in [2.24, 2.45) is 0 Å². The van der Waals surface area contributed by atoms with Gasteiger partial charge in [0.05, 0.1) is 20.3 Å². The number of methoxy groups -OCH3 is 1. The van der Waals surface area contributed by atoms with Crippen molar-refractivity contribution in [3.8, 4) is 0 Å². The summed E-state index contributed by atoms with van der Waals surface area (Å²) in [5, 5.41) is 7.89. The molecule has 0 saturated carbocycles. The fourth-order valence-electron chi connectivity index (χ4n) is 3.90. The van der Waals surface area contributed by atoms with E-state index in [4.69, 9.17) is 9.66 Å². The molecule has 0 bridgehead atoms. The lowest BCUT2D eigenvalue weighted by Gasteiger charge is -2.02. The molecule has 0 saturated heterocycles. The van der Waals surface area contributed by atoms with E-state index in [0.717, 1.165) is 31.4 Å². The molecule has 0 amide bonds. The molecular formula is C40H81NO10S2. The summed E-state index contributed by atoms with van der Waals surface area (Å²) in [5.74, 6) is -0.547. The highest BCUT2D eigenvalue weighted by molar-refractivity contribution is 7.80. The van der Waals surface area contributed by atoms with Gasteiger partial charge in [-0.25, -0.2) is 18.6 Å². The number of unbranched alkanes of at least 4 members (excludes halogenated alkanes) is 19. The Morgan fingerprint density at radius 3 is 1.23 bits per heavy atom. The van der Waals surface area contributed by atoms with Crippen LogP contribution in [0, 0.1) is 0 Å². The van der Waals surface area contributed by atoms with Crippen LogP contribution in [0.1, 0.15) is 176 Å². The van der Waals surface area contributed by atoms with E-state index in [1.54, 1.807) is 6.92 Å². The molecule has 0 rings (SSSR count). The summed E-state index contributed by atoms with van der Waals surface area (Å²) >= 11 is 4.20. The van der Waals surface area contributed by atoms with Gasteiger partial charge in [0.25, 0.3) is 0 Å². The number of ether oxygens (including phenoxy) is 2. The normalized spacial score (nSPS) is 9.74. The van der Waals surface area contributed by atoms with E-state index in [2.05, 4.69) is 59.9 Å². The summed E-state index contributed by atoms with van der Waals surface area (Å²) in [6.45, 7) is 20.0. The molecule has 0 aromatic carbocycles. The molecule has 0 heterocycles. The standard InChI is InChI=1S/C12H26O4S.C12H26S.C7H12O2.C5H8O2.C4H6O2.H3N/c1-2-3-4-5-6-7-8-9-10-11-12-16-17(13,14)15;1-2-3-4-5-6-7-8-9-10-11-12-13;1-3-5-6-9-7(8)4-2;1-4(2)5(6)7-3;1-3(2)4(5)6;/h2-12H2,1H3,(H,13,14,15);13H,2-12H2,1H3;4H,2-3,5-6H2,1H3;1H2,2-3H3;1H2,2H3,(H,5,6);1H3. The molecule has 5 N–H and O–H groups in total. The van der Waals surface area contributed by atoms with Crippen LogP contribution in [0.15, 0.2) is 37.0 Å². The maximum absolute atomic E-state index is 10.3. The second-order valence-corrected chi connectivity index (χ2v) is 14.0. The highest BCUT2D eigenvalue weighted by Crippen LogP contribution is 2.11. The molecule has 0 radical (unpaired) electrons. The van der Waals surface area contributed by atoms with E-state index in [1.165, 1.54) is 129 Å². The first kappa shape index (κ1) is 62.8. The topological polar surface area (TPSA) is 188 Å². The number of hydrogen-bond acceptors (Lipinski definition) is 10. The molecule has 0 aliphatic heterocycles. The summed E-state index contributed by atoms with van der Waals surface area (Å²) in [7, 11) is -2.90. The second kappa shape index (κ2) is 51.9. The van der Waals surface area contributed by atoms with E-state index in [-0.39, 0.29) is 30.3 Å². The van der Waals surface area contributed by atoms with Gasteiger partial charge in [-0.2, -0.15) is 21.0 Å². The fourth-order valence-corrected chi connectivity index (χ4v) is 4.46. The van der Waals surface area contributed by atoms with Crippen LogP contribution in [-0.2, 0) is 38.4 Å². The summed E-state index contributed by atoms with van der Waals surface area (Å²) in [6, 6.07) is 0. The average molecular weight is 800 g/mol. The monoisotopic (exact) mass is 800 g/mol. The number of aliphatic carboxylic acids is 1. The van der Waals surface area contributed by atoms with Crippen molar-refractivity contribution >= 4 is 40.9 Å². The number of carbonyl (C=O) groups is 3. The van der Waals surface area contributed by atoms with Crippen LogP contribution in [0.3, 0.4) is 0 Å². The van der Waals surface area contributed by atoms with Crippen LogP contribution in [0.25, 0.3) is 0 Å². The number of rotatable bonds is 28. The van der Waals surface area contributed by atoms with Crippen molar-refractivity contribution in [3.05, 3.63) is 37.0 Å². The molecule has 0 aliphatic rings. The zero-order valence-electron chi connectivity index (χ0n) is 34.6. The van der Waals surface area contributed by atoms with Crippen LogP contribution < -0.4 is 6.15 Å². The molecule has 11 nitrogen and oxygen atoms in total. The minimum Gasteiger partial charge on any atom is -0.478 e. The van der Waals surface area contributed by atoms with Crippen molar-refractivity contribution in [2.75, 3.05) is 26.1 Å². The van der Waals surface area contributed by atoms with Gasteiger partial charge >= 0.3 is 28.3 Å². The van der Waals surface area contributed by atoms with Crippen molar-refractivity contribution in [2.45, 2.75) is 176 Å². The van der Waals surface area contributed by atoms with Crippen molar-refractivity contribution < 1.29 is 46.1 Å². The van der Waals surface area contributed by atoms with Crippen molar-refractivity contribution in [1.29, 1.82) is 0 Å². The van der Waals surface area contributed by atoms with Gasteiger partial charge in [0.15, 0.2) is 0 Å². The van der Waals surface area contributed by atoms with Crippen molar-refractivity contribution in [1.82, 2.24) is 6.15 Å². The van der Waals surface area contributed by atoms with E-state index < -0.39 is 16.4 Å². The molecule has 0 aromatic rings. The smallest absolute Gasteiger partial charge is 0.397 e. The highest BCUT2D eigenvalue weighted by atomic mass is 32.3. The largest absolute Gasteiger partial charge is 0.478 e. The maximum Gasteiger partial charge on any atom is 0.397 e. The summed E-state index contributed by atoms with van der Waals surface area (Å²) in [4.78, 5) is 30.1. The fraction of sp³-hybridized carbons (Fsp3) is 0.775. The van der Waals surface area contributed by atoms with Crippen LogP contribution in [0.2, 0.25) is 0 Å². The van der Waals surface area contributed by atoms with Gasteiger partial charge in [-0.3, -0.25) is 4.55 Å². The molecule has 0 aliphatic carbocycles. The van der Waals surface area contributed by atoms with Crippen molar-refractivity contribution in [3.63, 3.8) is 0 Å². The van der Waals surface area contributed by atoms with E-state index >= 15 is 0 Å². The number of carbonyl (C=O) groups excluding carboxylic acids is 2. The molecule has 0 aromatic heterocycles. The van der Waals surface area contributed by atoms with E-state index in [1.807, 2.05) is 6.92 Å². The Labute approximate surface area is 331 Å². The third-order valence-corrected chi connectivity index (χ3v) is 7.83. The number of carboxylic acids is 1. The maximum atomic E-state index is 10.3. The quantitative estimate of drug-likeness (QED) is 0.0194. The van der Waals surface area contributed by atoms with Gasteiger partial charge in [0.2, 0.25) is 0 Å². The number of thiol groups is 1. The van der Waals surface area contributed by atoms with Gasteiger partial charge in [-0.1, -0.05) is 163 Å². The molecule has 318 valence electrons. The zero-order valence-corrected chi connectivity index (χ0v) is 36.3. The molecular weight excluding hydrogens is 719 g/mol. The Hall–Kier alpha value is -2.19. The van der Waals surface area contributed by atoms with E-state index in [0.29, 0.717) is 18.6 Å². The molecule has 0 fully saturated rings. The number of esters is 2. The first-order valence-electron chi connectivity index (χ1n) is 19.3. The lowest BCUT2D eigenvalue weighted by Crippen LogP contribution is -2.04. The summed E-state index contributed by atoms with van der Waals surface area (Å²) in [6.07, 6.45) is 29.2. The van der Waals surface area contributed by atoms with Crippen LogP contribution in [-0.4, -0.2) is 62.1 Å². The van der Waals surface area contributed by atoms with Gasteiger partial charge < -0.3 is 20.7 Å². The average Bonchev–Trinajstić information content (AvgIpc) is 3.10. The molecule has 0 spiro atoms. The minimum absolute atomic E-state index is 0. The second-order valence-electron chi connectivity index (χ2n) is 12.4. The predicted molar refractivity (Wildman–Crippen MR) is 225 cm³/mol. The Morgan fingerprint density at radius 2 is 0.981 bits per heavy atom. The Morgan fingerprint density at radius 1 is 0.642 bits per heavy atom. The van der Waals surface area contributed by atoms with Gasteiger partial charge in [0.1, 0.15) is 0 Å². The van der Waals surface area contributed by atoms with E-state index in [9.17, 15) is 22.8 Å². The summed E-state index contributed by atoms with van der Waals surface area (Å²) in [5.41, 5.74) is 0.609. The minimum atomic E-state index is -4.23. The lowest BCUT2D eigenvalue weighted by atomic mass is 10.1. The molecule has 0 atom stereocenters. The van der Waals surface area contributed by atoms with Gasteiger partial charge in [-0.05, 0) is 38.9 Å². The third kappa shape index (κ3) is 75.6. The molecule has 53 heavy (non-hydrogen) atoms. The predicted octanol–water partition coefficient (Wildman–Crippen LogP) is 11.6. The molecule has 13 heteroatoms. The Balaban J connectivity index is -0.000000137. The van der Waals surface area contributed by atoms with Gasteiger partial charge in [-0.15, -0.1) is 0 Å². The number of carboxylic acid groups (broad SMARTS) is 1. The summed E-state index contributed by atoms with van der Waals surface area (Å²) < 4.78 is 41.9. The van der Waals surface area contributed by atoms with Crippen LogP contribution >= 0.6 is 12.6 Å². The number of hydrogen-bond donors (Lipinski definition) is 4. The van der Waals surface area contributed by atoms with Gasteiger partial charge in [0, 0.05) is 17.2 Å². The third-order valence-electron chi connectivity index (χ3n) is 7.05. The van der Waals surface area contributed by atoms with Crippen LogP contribution in [0.4, 0.5) is 0 Å². The Kier molecular flexibility index (Phi) is 61.5.